The molecule has 0 aromatic carbocycles. The number of hydrogen-bond acceptors (Lipinski definition) is 3. The quantitative estimate of drug-likeness (QED) is 0.315. The Bertz CT molecular complexity index is 182. The lowest BCUT2D eigenvalue weighted by atomic mass is 10.1. The van der Waals surface area contributed by atoms with Gasteiger partial charge in [0.1, 0.15) is 0 Å². The van der Waals surface area contributed by atoms with E-state index in [0.29, 0.717) is 12.8 Å². The monoisotopic (exact) mass is 203 g/mol. The third-order valence-electron chi connectivity index (χ3n) is 1.92. The fourth-order valence-electron chi connectivity index (χ4n) is 1.15. The zero-order chi connectivity index (χ0) is 10.8. The van der Waals surface area contributed by atoms with Crippen LogP contribution in [-0.2, 0) is 9.59 Å². The van der Waals surface area contributed by atoms with Gasteiger partial charge in [-0.25, -0.2) is 5.48 Å². The highest BCUT2D eigenvalue weighted by Gasteiger charge is 1.99. The van der Waals surface area contributed by atoms with Gasteiger partial charge in [-0.05, 0) is 12.8 Å². The van der Waals surface area contributed by atoms with Gasteiger partial charge in [-0.3, -0.25) is 14.8 Å². The first-order valence-corrected chi connectivity index (χ1v) is 4.81. The summed E-state index contributed by atoms with van der Waals surface area (Å²) in [5.41, 5.74) is 1.57. The zero-order valence-corrected chi connectivity index (χ0v) is 8.16. The Kier molecular flexibility index (Phi) is 7.83. The highest BCUT2D eigenvalue weighted by atomic mass is 16.5. The van der Waals surface area contributed by atoms with Crippen molar-refractivity contribution in [2.45, 2.75) is 44.9 Å². The molecule has 5 nitrogen and oxygen atoms in total. The first-order chi connectivity index (χ1) is 6.66. The maximum absolute atomic E-state index is 10.6. The Morgan fingerprint density at radius 1 is 0.929 bits per heavy atom. The highest BCUT2D eigenvalue weighted by molar-refractivity contribution is 5.74. The summed E-state index contributed by atoms with van der Waals surface area (Å²) in [7, 11) is 0. The van der Waals surface area contributed by atoms with Gasteiger partial charge in [0.05, 0.1) is 0 Å². The summed E-state index contributed by atoms with van der Waals surface area (Å²) in [6.45, 7) is 0. The SMILES string of the molecule is O=C(O)CCCCCCCC(=O)NO. The third-order valence-corrected chi connectivity index (χ3v) is 1.92. The predicted octanol–water partition coefficient (Wildman–Crippen LogP) is 1.31. The lowest BCUT2D eigenvalue weighted by Crippen LogP contribution is -2.17. The number of nitrogens with one attached hydrogen (secondary N) is 1. The van der Waals surface area contributed by atoms with Gasteiger partial charge in [0.15, 0.2) is 0 Å². The van der Waals surface area contributed by atoms with E-state index in [-0.39, 0.29) is 12.3 Å². The van der Waals surface area contributed by atoms with Crippen LogP contribution in [0.2, 0.25) is 0 Å². The normalized spacial score (nSPS) is 9.79. The van der Waals surface area contributed by atoms with Gasteiger partial charge in [-0.2, -0.15) is 0 Å². The number of hydrogen-bond donors (Lipinski definition) is 3. The first kappa shape index (κ1) is 12.9. The molecule has 5 heteroatoms. The molecule has 0 unspecified atom stereocenters. The molecule has 0 aromatic heterocycles. The second-order valence-corrected chi connectivity index (χ2v) is 3.20. The number of carbonyl (C=O) groups excluding carboxylic acids is 1. The van der Waals surface area contributed by atoms with Crippen LogP contribution in [0.1, 0.15) is 44.9 Å². The Labute approximate surface area is 83.1 Å². The summed E-state index contributed by atoms with van der Waals surface area (Å²) in [5, 5.41) is 16.5. The molecule has 14 heavy (non-hydrogen) atoms. The molecule has 0 atom stereocenters. The molecule has 0 aromatic rings. The topological polar surface area (TPSA) is 86.6 Å². The summed E-state index contributed by atoms with van der Waals surface area (Å²) < 4.78 is 0. The molecule has 0 saturated heterocycles. The maximum Gasteiger partial charge on any atom is 0.303 e. The molecule has 0 spiro atoms. The molecule has 0 aliphatic rings. The smallest absolute Gasteiger partial charge is 0.303 e. The second kappa shape index (κ2) is 8.50. The highest BCUT2D eigenvalue weighted by Crippen LogP contribution is 2.06. The van der Waals surface area contributed by atoms with E-state index in [9.17, 15) is 9.59 Å². The van der Waals surface area contributed by atoms with Gasteiger partial charge in [-0.15, -0.1) is 0 Å². The fourth-order valence-corrected chi connectivity index (χ4v) is 1.15. The lowest BCUT2D eigenvalue weighted by Gasteiger charge is -1.99. The van der Waals surface area contributed by atoms with Crippen LogP contribution in [0.25, 0.3) is 0 Å². The maximum atomic E-state index is 10.6. The average molecular weight is 203 g/mol. The minimum Gasteiger partial charge on any atom is -0.481 e. The molecule has 0 fully saturated rings. The van der Waals surface area contributed by atoms with E-state index in [1.807, 2.05) is 0 Å². The van der Waals surface area contributed by atoms with Crippen molar-refractivity contribution in [2.24, 2.45) is 0 Å². The standard InChI is InChI=1S/C9H17NO4/c11-8(10-14)6-4-2-1-3-5-7-9(12)13/h14H,1-7H2,(H,10,11)(H,12,13). The number of rotatable bonds is 8. The number of unbranched alkanes of at least 4 members (excludes halogenated alkanes) is 4. The molecule has 0 rings (SSSR count). The number of carbonyl (C=O) groups is 2. The van der Waals surface area contributed by atoms with Crippen LogP contribution in [-0.4, -0.2) is 22.2 Å². The van der Waals surface area contributed by atoms with E-state index in [0.717, 1.165) is 25.7 Å². The molecule has 0 radical (unpaired) electrons. The van der Waals surface area contributed by atoms with Gasteiger partial charge in [0, 0.05) is 12.8 Å². The van der Waals surface area contributed by atoms with E-state index in [1.165, 1.54) is 0 Å². The second-order valence-electron chi connectivity index (χ2n) is 3.20. The van der Waals surface area contributed by atoms with Crippen molar-refractivity contribution >= 4 is 11.9 Å². The first-order valence-electron chi connectivity index (χ1n) is 4.81. The van der Waals surface area contributed by atoms with Crippen molar-refractivity contribution in [3.63, 3.8) is 0 Å². The predicted molar refractivity (Wildman–Crippen MR) is 49.9 cm³/mol. The molecular formula is C9H17NO4. The summed E-state index contributed by atoms with van der Waals surface area (Å²) in [6, 6.07) is 0. The van der Waals surface area contributed by atoms with Crippen LogP contribution in [0.15, 0.2) is 0 Å². The van der Waals surface area contributed by atoms with Crippen LogP contribution in [0.3, 0.4) is 0 Å². The van der Waals surface area contributed by atoms with Crippen LogP contribution in [0.4, 0.5) is 0 Å². The van der Waals surface area contributed by atoms with Crippen LogP contribution in [0, 0.1) is 0 Å². The number of amides is 1. The fraction of sp³-hybridized carbons (Fsp3) is 0.778. The number of hydroxylamine groups is 1. The molecule has 0 aliphatic heterocycles. The molecule has 3 N–H and O–H groups in total. The Balaban J connectivity index is 3.06. The molecule has 82 valence electrons. The molecule has 0 saturated carbocycles. The van der Waals surface area contributed by atoms with Crippen LogP contribution >= 0.6 is 0 Å². The van der Waals surface area contributed by atoms with Gasteiger partial charge in [-0.1, -0.05) is 19.3 Å². The molecule has 0 bridgehead atoms. The zero-order valence-electron chi connectivity index (χ0n) is 8.16. The van der Waals surface area contributed by atoms with Crippen LogP contribution < -0.4 is 5.48 Å². The Morgan fingerprint density at radius 2 is 1.43 bits per heavy atom. The Hall–Kier alpha value is -1.10. The van der Waals surface area contributed by atoms with Crippen molar-refractivity contribution in [1.29, 1.82) is 0 Å². The van der Waals surface area contributed by atoms with Crippen molar-refractivity contribution in [3.8, 4) is 0 Å². The Morgan fingerprint density at radius 3 is 1.93 bits per heavy atom. The van der Waals surface area contributed by atoms with Crippen molar-refractivity contribution in [1.82, 2.24) is 5.48 Å². The summed E-state index contributed by atoms with van der Waals surface area (Å²) in [6.07, 6.45) is 4.69. The number of carboxylic acids is 1. The summed E-state index contributed by atoms with van der Waals surface area (Å²) >= 11 is 0. The van der Waals surface area contributed by atoms with Gasteiger partial charge < -0.3 is 5.11 Å². The molecule has 1 amide bonds. The van der Waals surface area contributed by atoms with E-state index >= 15 is 0 Å². The number of carboxylic acid groups (broad SMARTS) is 1. The molecule has 0 aliphatic carbocycles. The number of aliphatic carboxylic acids is 1. The van der Waals surface area contributed by atoms with E-state index in [4.69, 9.17) is 10.3 Å². The molecular weight excluding hydrogens is 186 g/mol. The van der Waals surface area contributed by atoms with Gasteiger partial charge in [0.25, 0.3) is 0 Å². The van der Waals surface area contributed by atoms with Gasteiger partial charge in [0.2, 0.25) is 5.91 Å². The summed E-state index contributed by atoms with van der Waals surface area (Å²) in [5.74, 6) is -1.12. The lowest BCUT2D eigenvalue weighted by molar-refractivity contribution is -0.137. The third kappa shape index (κ3) is 8.99. The average Bonchev–Trinajstić information content (AvgIpc) is 2.15. The summed E-state index contributed by atoms with van der Waals surface area (Å²) in [4.78, 5) is 20.7. The van der Waals surface area contributed by atoms with Crippen molar-refractivity contribution in [3.05, 3.63) is 0 Å². The molecule has 0 heterocycles. The largest absolute Gasteiger partial charge is 0.481 e. The van der Waals surface area contributed by atoms with Gasteiger partial charge >= 0.3 is 5.97 Å². The van der Waals surface area contributed by atoms with E-state index in [1.54, 1.807) is 5.48 Å². The minimum atomic E-state index is -0.760. The van der Waals surface area contributed by atoms with E-state index in [2.05, 4.69) is 0 Å². The van der Waals surface area contributed by atoms with Crippen molar-refractivity contribution in [2.75, 3.05) is 0 Å². The minimum absolute atomic E-state index is 0.219. The van der Waals surface area contributed by atoms with Crippen molar-refractivity contribution < 1.29 is 19.9 Å². The van der Waals surface area contributed by atoms with Crippen LogP contribution in [0.5, 0.6) is 0 Å². The van der Waals surface area contributed by atoms with E-state index < -0.39 is 5.97 Å².